The maximum atomic E-state index is 11.3. The fraction of sp³-hybridized carbons (Fsp3) is 0.462. The van der Waals surface area contributed by atoms with Crippen LogP contribution in [0.3, 0.4) is 0 Å². The SMILES string of the molecule is CC(=O)C(C)(C)CNCc1ccccc1.Cl. The summed E-state index contributed by atoms with van der Waals surface area (Å²) in [6, 6.07) is 10.2. The van der Waals surface area contributed by atoms with Gasteiger partial charge in [-0.3, -0.25) is 4.79 Å². The standard InChI is InChI=1S/C13H19NO.ClH/c1-11(15)13(2,3)10-14-9-12-7-5-4-6-8-12;/h4-8,14H,9-10H2,1-3H3;1H. The summed E-state index contributed by atoms with van der Waals surface area (Å²) >= 11 is 0. The zero-order valence-corrected chi connectivity index (χ0v) is 10.9. The highest BCUT2D eigenvalue weighted by Gasteiger charge is 2.22. The summed E-state index contributed by atoms with van der Waals surface area (Å²) in [5.74, 6) is 0.225. The molecule has 0 aliphatic rings. The third kappa shape index (κ3) is 4.77. The second-order valence-electron chi connectivity index (χ2n) is 4.53. The number of benzene rings is 1. The lowest BCUT2D eigenvalue weighted by Gasteiger charge is -2.21. The van der Waals surface area contributed by atoms with Crippen LogP contribution in [0, 0.1) is 5.41 Å². The van der Waals surface area contributed by atoms with Crippen LogP contribution in [-0.4, -0.2) is 12.3 Å². The van der Waals surface area contributed by atoms with Crippen LogP contribution in [0.15, 0.2) is 30.3 Å². The Kier molecular flexibility index (Phi) is 6.31. The van der Waals surface area contributed by atoms with E-state index in [0.29, 0.717) is 0 Å². The van der Waals surface area contributed by atoms with Gasteiger partial charge in [0.15, 0.2) is 0 Å². The molecule has 0 aromatic heterocycles. The Morgan fingerprint density at radius 1 is 1.25 bits per heavy atom. The van der Waals surface area contributed by atoms with E-state index in [4.69, 9.17) is 0 Å². The van der Waals surface area contributed by atoms with Crippen molar-refractivity contribution in [2.24, 2.45) is 5.41 Å². The minimum Gasteiger partial charge on any atom is -0.312 e. The van der Waals surface area contributed by atoms with Gasteiger partial charge in [-0.05, 0) is 12.5 Å². The Morgan fingerprint density at radius 3 is 2.31 bits per heavy atom. The summed E-state index contributed by atoms with van der Waals surface area (Å²) < 4.78 is 0. The predicted octanol–water partition coefficient (Wildman–Crippen LogP) is 2.81. The summed E-state index contributed by atoms with van der Waals surface area (Å²) in [5, 5.41) is 3.30. The maximum absolute atomic E-state index is 11.3. The molecule has 0 spiro atoms. The average molecular weight is 242 g/mol. The first-order valence-corrected chi connectivity index (χ1v) is 5.28. The van der Waals surface area contributed by atoms with E-state index in [1.54, 1.807) is 6.92 Å². The van der Waals surface area contributed by atoms with Gasteiger partial charge in [0, 0.05) is 18.5 Å². The van der Waals surface area contributed by atoms with Crippen molar-refractivity contribution in [3.63, 3.8) is 0 Å². The van der Waals surface area contributed by atoms with E-state index >= 15 is 0 Å². The van der Waals surface area contributed by atoms with Crippen LogP contribution in [0.2, 0.25) is 0 Å². The number of ketones is 1. The minimum atomic E-state index is -0.269. The fourth-order valence-corrected chi connectivity index (χ4v) is 1.24. The third-order valence-corrected chi connectivity index (χ3v) is 2.69. The molecule has 3 heteroatoms. The van der Waals surface area contributed by atoms with Gasteiger partial charge in [-0.1, -0.05) is 44.2 Å². The van der Waals surface area contributed by atoms with Gasteiger partial charge in [0.2, 0.25) is 0 Å². The molecule has 0 saturated carbocycles. The van der Waals surface area contributed by atoms with Gasteiger partial charge in [-0.25, -0.2) is 0 Å². The van der Waals surface area contributed by atoms with Crippen LogP contribution in [0.4, 0.5) is 0 Å². The normalized spacial score (nSPS) is 10.7. The van der Waals surface area contributed by atoms with E-state index < -0.39 is 0 Å². The number of nitrogens with one attached hydrogen (secondary N) is 1. The molecule has 0 radical (unpaired) electrons. The predicted molar refractivity (Wildman–Crippen MR) is 69.9 cm³/mol. The molecule has 0 amide bonds. The molecule has 0 unspecified atom stereocenters. The Balaban J connectivity index is 0.00000225. The Labute approximate surface area is 104 Å². The zero-order chi connectivity index (χ0) is 11.3. The van der Waals surface area contributed by atoms with Crippen molar-refractivity contribution in [3.8, 4) is 0 Å². The molecule has 0 fully saturated rings. The molecular formula is C13H20ClNO. The topological polar surface area (TPSA) is 29.1 Å². The van der Waals surface area contributed by atoms with Gasteiger partial charge in [0.1, 0.15) is 5.78 Å². The van der Waals surface area contributed by atoms with Crippen molar-refractivity contribution >= 4 is 18.2 Å². The van der Waals surface area contributed by atoms with Gasteiger partial charge in [-0.15, -0.1) is 12.4 Å². The van der Waals surface area contributed by atoms with E-state index in [-0.39, 0.29) is 23.6 Å². The summed E-state index contributed by atoms with van der Waals surface area (Å²) in [4.78, 5) is 11.3. The van der Waals surface area contributed by atoms with Crippen LogP contribution in [0.5, 0.6) is 0 Å². The van der Waals surface area contributed by atoms with E-state index in [0.717, 1.165) is 13.1 Å². The van der Waals surface area contributed by atoms with Crippen LogP contribution in [0.1, 0.15) is 26.3 Å². The Morgan fingerprint density at radius 2 is 1.81 bits per heavy atom. The first-order chi connectivity index (χ1) is 7.02. The molecule has 0 aliphatic heterocycles. The summed E-state index contributed by atoms with van der Waals surface area (Å²) in [6.45, 7) is 7.11. The number of carbonyl (C=O) groups excluding carboxylic acids is 1. The summed E-state index contributed by atoms with van der Waals surface area (Å²) in [5.41, 5.74) is 0.978. The molecule has 2 nitrogen and oxygen atoms in total. The number of carbonyl (C=O) groups is 1. The first-order valence-electron chi connectivity index (χ1n) is 5.28. The summed E-state index contributed by atoms with van der Waals surface area (Å²) in [6.07, 6.45) is 0. The molecule has 0 saturated heterocycles. The van der Waals surface area contributed by atoms with Crippen molar-refractivity contribution in [2.45, 2.75) is 27.3 Å². The first kappa shape index (κ1) is 15.1. The molecular weight excluding hydrogens is 222 g/mol. The second kappa shape index (κ2) is 6.66. The summed E-state index contributed by atoms with van der Waals surface area (Å²) in [7, 11) is 0. The van der Waals surface area contributed by atoms with Crippen molar-refractivity contribution < 1.29 is 4.79 Å². The van der Waals surface area contributed by atoms with Gasteiger partial charge in [-0.2, -0.15) is 0 Å². The van der Waals surface area contributed by atoms with Gasteiger partial charge >= 0.3 is 0 Å². The molecule has 1 N–H and O–H groups in total. The maximum Gasteiger partial charge on any atom is 0.136 e. The lowest BCUT2D eigenvalue weighted by atomic mass is 9.89. The molecule has 0 atom stereocenters. The van der Waals surface area contributed by atoms with Gasteiger partial charge in [0.25, 0.3) is 0 Å². The molecule has 1 aromatic rings. The highest BCUT2D eigenvalue weighted by Crippen LogP contribution is 2.14. The Bertz CT molecular complexity index is 322. The van der Waals surface area contributed by atoms with Crippen LogP contribution in [0.25, 0.3) is 0 Å². The van der Waals surface area contributed by atoms with Crippen molar-refractivity contribution in [2.75, 3.05) is 6.54 Å². The van der Waals surface area contributed by atoms with E-state index in [1.165, 1.54) is 5.56 Å². The third-order valence-electron chi connectivity index (χ3n) is 2.69. The molecule has 1 rings (SSSR count). The molecule has 0 bridgehead atoms. The highest BCUT2D eigenvalue weighted by molar-refractivity contribution is 5.85. The fourth-order valence-electron chi connectivity index (χ4n) is 1.24. The zero-order valence-electron chi connectivity index (χ0n) is 10.1. The monoisotopic (exact) mass is 241 g/mol. The molecule has 90 valence electrons. The van der Waals surface area contributed by atoms with Crippen molar-refractivity contribution in [1.29, 1.82) is 0 Å². The smallest absolute Gasteiger partial charge is 0.136 e. The molecule has 0 heterocycles. The lowest BCUT2D eigenvalue weighted by Crippen LogP contribution is -2.34. The lowest BCUT2D eigenvalue weighted by molar-refractivity contribution is -0.124. The van der Waals surface area contributed by atoms with E-state index in [2.05, 4.69) is 17.4 Å². The molecule has 0 aliphatic carbocycles. The quantitative estimate of drug-likeness (QED) is 0.859. The van der Waals surface area contributed by atoms with E-state index in [1.807, 2.05) is 32.0 Å². The van der Waals surface area contributed by atoms with Crippen molar-refractivity contribution in [1.82, 2.24) is 5.32 Å². The van der Waals surface area contributed by atoms with Crippen molar-refractivity contribution in [3.05, 3.63) is 35.9 Å². The second-order valence-corrected chi connectivity index (χ2v) is 4.53. The number of halogens is 1. The number of Topliss-reactive ketones (excluding diaryl/α,β-unsaturated/α-hetero) is 1. The largest absolute Gasteiger partial charge is 0.312 e. The Hall–Kier alpha value is -0.860. The van der Waals surface area contributed by atoms with Crippen LogP contribution < -0.4 is 5.32 Å². The number of hydrogen-bond donors (Lipinski definition) is 1. The highest BCUT2D eigenvalue weighted by atomic mass is 35.5. The van der Waals surface area contributed by atoms with Crippen LogP contribution >= 0.6 is 12.4 Å². The van der Waals surface area contributed by atoms with Crippen LogP contribution in [-0.2, 0) is 11.3 Å². The molecule has 1 aromatic carbocycles. The van der Waals surface area contributed by atoms with Gasteiger partial charge < -0.3 is 5.32 Å². The van der Waals surface area contributed by atoms with E-state index in [9.17, 15) is 4.79 Å². The number of hydrogen-bond acceptors (Lipinski definition) is 2. The van der Waals surface area contributed by atoms with Gasteiger partial charge in [0.05, 0.1) is 0 Å². The average Bonchev–Trinajstić information content (AvgIpc) is 2.19. The molecule has 16 heavy (non-hydrogen) atoms. The minimum absolute atomic E-state index is 0. The number of rotatable bonds is 5.